The molecule has 0 bridgehead atoms. The highest BCUT2D eigenvalue weighted by Crippen LogP contribution is 2.25. The Morgan fingerprint density at radius 1 is 1.36 bits per heavy atom. The molecule has 5 nitrogen and oxygen atoms in total. The highest BCUT2D eigenvalue weighted by molar-refractivity contribution is 5.85. The predicted molar refractivity (Wildman–Crippen MR) is 52.2 cm³/mol. The Morgan fingerprint density at radius 3 is 2.86 bits per heavy atom. The predicted octanol–water partition coefficient (Wildman–Crippen LogP) is 0.926. The van der Waals surface area contributed by atoms with Gasteiger partial charge in [0.15, 0.2) is 0 Å². The number of nitrogens with two attached hydrogens (primary N) is 1. The zero-order chi connectivity index (χ0) is 10.1. The van der Waals surface area contributed by atoms with Crippen molar-refractivity contribution in [1.29, 1.82) is 0 Å². The van der Waals surface area contributed by atoms with Gasteiger partial charge in [-0.1, -0.05) is 0 Å². The first-order valence-corrected chi connectivity index (χ1v) is 4.01. The van der Waals surface area contributed by atoms with Crippen LogP contribution in [-0.4, -0.2) is 22.2 Å². The van der Waals surface area contributed by atoms with Gasteiger partial charge in [0.05, 0.1) is 18.0 Å². The van der Waals surface area contributed by atoms with Crippen LogP contribution < -0.4 is 10.5 Å². The lowest BCUT2D eigenvalue weighted by molar-refractivity contribution is 0.415. The van der Waals surface area contributed by atoms with E-state index in [0.717, 1.165) is 0 Å². The summed E-state index contributed by atoms with van der Waals surface area (Å²) in [5, 5.41) is 10.00. The Balaban J connectivity index is 2.75. The summed E-state index contributed by atoms with van der Waals surface area (Å²) in [6, 6.07) is 5.09. The van der Waals surface area contributed by atoms with Crippen molar-refractivity contribution in [2.75, 3.05) is 12.8 Å². The Hall–Kier alpha value is -2.04. The maximum absolute atomic E-state index is 9.44. The summed E-state index contributed by atoms with van der Waals surface area (Å²) in [5.74, 6) is 0.591. The fraction of sp³-hybridized carbons (Fsp3) is 0.111. The first kappa shape index (κ1) is 8.55. The van der Waals surface area contributed by atoms with E-state index in [4.69, 9.17) is 10.5 Å². The molecule has 1 aromatic heterocycles. The van der Waals surface area contributed by atoms with E-state index in [-0.39, 0.29) is 11.8 Å². The van der Waals surface area contributed by atoms with Crippen molar-refractivity contribution in [3.05, 3.63) is 18.2 Å². The Bertz CT molecular complexity index is 485. The molecule has 0 atom stereocenters. The largest absolute Gasteiger partial charge is 0.497 e. The van der Waals surface area contributed by atoms with E-state index in [1.165, 1.54) is 0 Å². The average molecular weight is 191 g/mol. The first-order valence-electron chi connectivity index (χ1n) is 4.01. The van der Waals surface area contributed by atoms with Crippen molar-refractivity contribution >= 4 is 16.9 Å². The number of aromatic hydroxyl groups is 1. The van der Waals surface area contributed by atoms with Gasteiger partial charge in [-0.05, 0) is 12.1 Å². The highest BCUT2D eigenvalue weighted by atomic mass is 16.5. The summed E-state index contributed by atoms with van der Waals surface area (Å²) in [6.45, 7) is 0. The van der Waals surface area contributed by atoms with Crippen LogP contribution in [-0.2, 0) is 0 Å². The second kappa shape index (κ2) is 3.02. The molecule has 72 valence electrons. The van der Waals surface area contributed by atoms with Gasteiger partial charge >= 0.3 is 0 Å². The zero-order valence-electron chi connectivity index (χ0n) is 7.56. The van der Waals surface area contributed by atoms with E-state index in [0.29, 0.717) is 16.7 Å². The lowest BCUT2D eigenvalue weighted by Crippen LogP contribution is -1.95. The molecule has 2 rings (SSSR count). The number of hydrogen-bond acceptors (Lipinski definition) is 5. The maximum Gasteiger partial charge on any atom is 0.223 e. The minimum absolute atomic E-state index is 0.0447. The zero-order valence-corrected chi connectivity index (χ0v) is 7.56. The molecule has 14 heavy (non-hydrogen) atoms. The molecule has 1 aromatic carbocycles. The normalized spacial score (nSPS) is 10.4. The van der Waals surface area contributed by atoms with Gasteiger partial charge in [0.1, 0.15) is 5.75 Å². The van der Waals surface area contributed by atoms with Gasteiger partial charge < -0.3 is 15.6 Å². The average Bonchev–Trinajstić information content (AvgIpc) is 2.16. The van der Waals surface area contributed by atoms with Gasteiger partial charge in [-0.2, -0.15) is 4.98 Å². The monoisotopic (exact) mass is 191 g/mol. The van der Waals surface area contributed by atoms with E-state index < -0.39 is 0 Å². The number of ether oxygens (including phenoxy) is 1. The van der Waals surface area contributed by atoms with Crippen LogP contribution in [0.25, 0.3) is 10.9 Å². The van der Waals surface area contributed by atoms with Gasteiger partial charge in [-0.25, -0.2) is 4.98 Å². The van der Waals surface area contributed by atoms with Crippen LogP contribution in [0.1, 0.15) is 0 Å². The van der Waals surface area contributed by atoms with Crippen LogP contribution in [0.15, 0.2) is 18.2 Å². The quantitative estimate of drug-likeness (QED) is 0.700. The standard InChI is InChI=1S/C9H9N3O2/c1-14-5-2-3-6-7(4-5)11-9(10)12-8(6)13/h2-4H,1H3,(H3,10,11,12,13). The summed E-state index contributed by atoms with van der Waals surface area (Å²) < 4.78 is 5.02. The van der Waals surface area contributed by atoms with Crippen LogP contribution in [0.5, 0.6) is 11.6 Å². The summed E-state index contributed by atoms with van der Waals surface area (Å²) >= 11 is 0. The topological polar surface area (TPSA) is 81.3 Å². The second-order valence-electron chi connectivity index (χ2n) is 2.79. The molecule has 0 aliphatic rings. The molecular weight excluding hydrogens is 182 g/mol. The summed E-state index contributed by atoms with van der Waals surface area (Å²) in [6.07, 6.45) is 0. The Labute approximate surface area is 80.2 Å². The molecule has 0 unspecified atom stereocenters. The molecule has 0 saturated carbocycles. The number of nitrogens with zero attached hydrogens (tertiary/aromatic N) is 2. The molecule has 0 spiro atoms. The van der Waals surface area contributed by atoms with Crippen molar-refractivity contribution in [3.63, 3.8) is 0 Å². The Kier molecular flexibility index (Phi) is 1.85. The smallest absolute Gasteiger partial charge is 0.223 e. The first-order chi connectivity index (χ1) is 6.70. The van der Waals surface area contributed by atoms with E-state index in [1.807, 2.05) is 0 Å². The number of rotatable bonds is 1. The second-order valence-corrected chi connectivity index (χ2v) is 2.79. The highest BCUT2D eigenvalue weighted by Gasteiger charge is 2.05. The molecule has 0 radical (unpaired) electrons. The number of nitrogen functional groups attached to an aromatic ring is 1. The lowest BCUT2D eigenvalue weighted by atomic mass is 10.2. The van der Waals surface area contributed by atoms with Gasteiger partial charge in [-0.15, -0.1) is 0 Å². The molecule has 1 heterocycles. The van der Waals surface area contributed by atoms with Gasteiger partial charge in [-0.3, -0.25) is 0 Å². The number of benzene rings is 1. The summed E-state index contributed by atoms with van der Waals surface area (Å²) in [7, 11) is 1.56. The van der Waals surface area contributed by atoms with Crippen LogP contribution >= 0.6 is 0 Å². The molecule has 0 aliphatic carbocycles. The minimum atomic E-state index is -0.116. The fourth-order valence-corrected chi connectivity index (χ4v) is 1.24. The lowest BCUT2D eigenvalue weighted by Gasteiger charge is -2.03. The van der Waals surface area contributed by atoms with E-state index in [1.54, 1.807) is 25.3 Å². The molecule has 0 amide bonds. The van der Waals surface area contributed by atoms with Crippen molar-refractivity contribution < 1.29 is 9.84 Å². The third-order valence-electron chi connectivity index (χ3n) is 1.90. The number of methoxy groups -OCH3 is 1. The van der Waals surface area contributed by atoms with Crippen molar-refractivity contribution in [2.24, 2.45) is 0 Å². The minimum Gasteiger partial charge on any atom is -0.497 e. The number of hydrogen-bond donors (Lipinski definition) is 2. The maximum atomic E-state index is 9.44. The van der Waals surface area contributed by atoms with Crippen molar-refractivity contribution in [1.82, 2.24) is 9.97 Å². The molecule has 3 N–H and O–H groups in total. The number of anilines is 1. The van der Waals surface area contributed by atoms with Gasteiger partial charge in [0.2, 0.25) is 11.8 Å². The molecule has 0 fully saturated rings. The fourth-order valence-electron chi connectivity index (χ4n) is 1.24. The molecule has 0 aliphatic heterocycles. The molecule has 2 aromatic rings. The Morgan fingerprint density at radius 2 is 2.14 bits per heavy atom. The number of aromatic nitrogens is 2. The number of fused-ring (bicyclic) bond motifs is 1. The van der Waals surface area contributed by atoms with Crippen LogP contribution in [0, 0.1) is 0 Å². The van der Waals surface area contributed by atoms with E-state index in [2.05, 4.69) is 9.97 Å². The van der Waals surface area contributed by atoms with Crippen molar-refractivity contribution in [2.45, 2.75) is 0 Å². The molecule has 0 saturated heterocycles. The third kappa shape index (κ3) is 1.28. The van der Waals surface area contributed by atoms with Crippen LogP contribution in [0.2, 0.25) is 0 Å². The summed E-state index contributed by atoms with van der Waals surface area (Å²) in [5.41, 5.74) is 5.96. The molecular formula is C9H9N3O2. The van der Waals surface area contributed by atoms with E-state index >= 15 is 0 Å². The van der Waals surface area contributed by atoms with Crippen LogP contribution in [0.4, 0.5) is 5.95 Å². The molecule has 5 heteroatoms. The third-order valence-corrected chi connectivity index (χ3v) is 1.90. The van der Waals surface area contributed by atoms with Crippen LogP contribution in [0.3, 0.4) is 0 Å². The SMILES string of the molecule is COc1ccc2c(O)nc(N)nc2c1. The van der Waals surface area contributed by atoms with Gasteiger partial charge in [0.25, 0.3) is 0 Å². The van der Waals surface area contributed by atoms with Gasteiger partial charge in [0, 0.05) is 6.07 Å². The van der Waals surface area contributed by atoms with E-state index in [9.17, 15) is 5.11 Å². The summed E-state index contributed by atoms with van der Waals surface area (Å²) in [4.78, 5) is 7.61. The van der Waals surface area contributed by atoms with Crippen molar-refractivity contribution in [3.8, 4) is 11.6 Å².